The van der Waals surface area contributed by atoms with Crippen molar-refractivity contribution in [1.29, 1.82) is 0 Å². The Hall–Kier alpha value is -2.86. The Kier molecular flexibility index (Phi) is 5.05. The molecule has 3 unspecified atom stereocenters. The van der Waals surface area contributed by atoms with E-state index >= 15 is 0 Å². The minimum atomic E-state index is -1.28. The highest BCUT2D eigenvalue weighted by molar-refractivity contribution is 5.90. The van der Waals surface area contributed by atoms with Gasteiger partial charge in [0.1, 0.15) is 12.4 Å². The molecule has 1 aliphatic carbocycles. The molecule has 6 heteroatoms. The third-order valence-corrected chi connectivity index (χ3v) is 5.48. The largest absolute Gasteiger partial charge is 0.489 e. The van der Waals surface area contributed by atoms with Crippen molar-refractivity contribution in [1.82, 2.24) is 5.32 Å². The summed E-state index contributed by atoms with van der Waals surface area (Å²) in [5.41, 5.74) is 0.896. The molecular formula is C22H23NO5. The van der Waals surface area contributed by atoms with Crippen molar-refractivity contribution in [3.63, 3.8) is 0 Å². The Morgan fingerprint density at radius 1 is 1.14 bits per heavy atom. The summed E-state index contributed by atoms with van der Waals surface area (Å²) >= 11 is 0. The second-order valence-electron chi connectivity index (χ2n) is 7.47. The Labute approximate surface area is 163 Å². The SMILES string of the molecule is O=C(NC1(C(=O)O)CCOC1)C1CC1c1ccc(OCc2ccccc2)cc1. The molecule has 2 fully saturated rings. The van der Waals surface area contributed by atoms with Crippen molar-refractivity contribution in [3.05, 3.63) is 65.7 Å². The number of rotatable bonds is 7. The lowest BCUT2D eigenvalue weighted by atomic mass is 9.98. The monoisotopic (exact) mass is 381 g/mol. The molecule has 1 aliphatic heterocycles. The standard InChI is InChI=1S/C22H23NO5/c24-20(23-22(21(25)26)10-11-27-14-22)19-12-18(19)16-6-8-17(9-7-16)28-13-15-4-2-1-3-5-15/h1-9,18-19H,10-14H2,(H,23,24)(H,25,26). The van der Waals surface area contributed by atoms with E-state index in [2.05, 4.69) is 5.32 Å². The highest BCUT2D eigenvalue weighted by Gasteiger charge is 2.50. The van der Waals surface area contributed by atoms with Crippen LogP contribution in [-0.2, 0) is 20.9 Å². The maximum absolute atomic E-state index is 12.5. The van der Waals surface area contributed by atoms with E-state index in [9.17, 15) is 14.7 Å². The van der Waals surface area contributed by atoms with Crippen molar-refractivity contribution in [2.75, 3.05) is 13.2 Å². The molecule has 28 heavy (non-hydrogen) atoms. The number of hydrogen-bond acceptors (Lipinski definition) is 4. The van der Waals surface area contributed by atoms with Crippen molar-refractivity contribution >= 4 is 11.9 Å². The maximum atomic E-state index is 12.5. The van der Waals surface area contributed by atoms with Gasteiger partial charge >= 0.3 is 5.97 Å². The van der Waals surface area contributed by atoms with Gasteiger partial charge in [0.15, 0.2) is 5.54 Å². The number of carbonyl (C=O) groups is 2. The average molecular weight is 381 g/mol. The molecular weight excluding hydrogens is 358 g/mol. The molecule has 1 saturated carbocycles. The topological polar surface area (TPSA) is 84.9 Å². The molecule has 6 nitrogen and oxygen atoms in total. The van der Waals surface area contributed by atoms with Gasteiger partial charge in [0.2, 0.25) is 5.91 Å². The molecule has 2 N–H and O–H groups in total. The lowest BCUT2D eigenvalue weighted by Crippen LogP contribution is -2.55. The van der Waals surface area contributed by atoms with Crippen LogP contribution in [0.3, 0.4) is 0 Å². The summed E-state index contributed by atoms with van der Waals surface area (Å²) in [6.07, 6.45) is 1.03. The molecule has 0 spiro atoms. The number of benzene rings is 2. The van der Waals surface area contributed by atoms with E-state index in [0.29, 0.717) is 19.6 Å². The number of ether oxygens (including phenoxy) is 2. The van der Waals surface area contributed by atoms with E-state index in [1.807, 2.05) is 54.6 Å². The Bertz CT molecular complexity index is 843. The van der Waals surface area contributed by atoms with Gasteiger partial charge < -0.3 is 19.9 Å². The summed E-state index contributed by atoms with van der Waals surface area (Å²) in [6.45, 7) is 0.887. The van der Waals surface area contributed by atoms with Crippen LogP contribution < -0.4 is 10.1 Å². The number of carboxylic acids is 1. The quantitative estimate of drug-likeness (QED) is 0.770. The van der Waals surface area contributed by atoms with Crippen LogP contribution >= 0.6 is 0 Å². The molecule has 2 aromatic carbocycles. The third kappa shape index (κ3) is 3.87. The van der Waals surface area contributed by atoms with Crippen LogP contribution in [0.4, 0.5) is 0 Å². The number of nitrogens with one attached hydrogen (secondary N) is 1. The van der Waals surface area contributed by atoms with Crippen molar-refractivity contribution < 1.29 is 24.2 Å². The van der Waals surface area contributed by atoms with Gasteiger partial charge in [-0.1, -0.05) is 42.5 Å². The molecule has 4 rings (SSSR count). The van der Waals surface area contributed by atoms with Gasteiger partial charge in [-0.2, -0.15) is 0 Å². The predicted octanol–water partition coefficient (Wildman–Crippen LogP) is 2.73. The Balaban J connectivity index is 1.32. The Morgan fingerprint density at radius 3 is 2.54 bits per heavy atom. The van der Waals surface area contributed by atoms with Crippen LogP contribution in [0, 0.1) is 5.92 Å². The van der Waals surface area contributed by atoms with Crippen molar-refractivity contribution in [3.8, 4) is 5.75 Å². The highest BCUT2D eigenvalue weighted by atomic mass is 16.5. The highest BCUT2D eigenvalue weighted by Crippen LogP contribution is 2.48. The van der Waals surface area contributed by atoms with Crippen LogP contribution in [0.5, 0.6) is 5.75 Å². The molecule has 1 saturated heterocycles. The fourth-order valence-electron chi connectivity index (χ4n) is 3.62. The van der Waals surface area contributed by atoms with Crippen LogP contribution in [-0.4, -0.2) is 35.7 Å². The van der Waals surface area contributed by atoms with Crippen LogP contribution in [0.2, 0.25) is 0 Å². The van der Waals surface area contributed by atoms with Crippen LogP contribution in [0.15, 0.2) is 54.6 Å². The number of aliphatic carboxylic acids is 1. The van der Waals surface area contributed by atoms with E-state index in [-0.39, 0.29) is 24.3 Å². The molecule has 146 valence electrons. The van der Waals surface area contributed by atoms with Gasteiger partial charge in [-0.05, 0) is 35.6 Å². The van der Waals surface area contributed by atoms with E-state index in [1.165, 1.54) is 0 Å². The zero-order valence-electron chi connectivity index (χ0n) is 15.5. The normalized spacial score (nSPS) is 25.9. The first-order chi connectivity index (χ1) is 13.6. The molecule has 0 bridgehead atoms. The van der Waals surface area contributed by atoms with Gasteiger partial charge in [0.05, 0.1) is 6.61 Å². The van der Waals surface area contributed by atoms with Crippen molar-refractivity contribution in [2.45, 2.75) is 30.9 Å². The fourth-order valence-corrected chi connectivity index (χ4v) is 3.62. The third-order valence-electron chi connectivity index (χ3n) is 5.48. The van der Waals surface area contributed by atoms with Gasteiger partial charge in [-0.15, -0.1) is 0 Å². The minimum absolute atomic E-state index is 0.0267. The van der Waals surface area contributed by atoms with Gasteiger partial charge in [-0.3, -0.25) is 4.79 Å². The molecule has 2 aromatic rings. The predicted molar refractivity (Wildman–Crippen MR) is 102 cm³/mol. The second-order valence-corrected chi connectivity index (χ2v) is 7.47. The maximum Gasteiger partial charge on any atom is 0.331 e. The smallest absolute Gasteiger partial charge is 0.331 e. The zero-order chi connectivity index (χ0) is 19.6. The van der Waals surface area contributed by atoms with E-state index in [1.54, 1.807) is 0 Å². The average Bonchev–Trinajstić information content (AvgIpc) is 3.38. The van der Waals surface area contributed by atoms with Gasteiger partial charge in [0.25, 0.3) is 0 Å². The molecule has 1 amide bonds. The second kappa shape index (κ2) is 7.64. The first kappa shape index (κ1) is 18.5. The molecule has 2 aliphatic rings. The van der Waals surface area contributed by atoms with E-state index in [0.717, 1.165) is 23.3 Å². The molecule has 0 aromatic heterocycles. The number of amides is 1. The molecule has 0 radical (unpaired) electrons. The summed E-state index contributed by atoms with van der Waals surface area (Å²) in [7, 11) is 0. The Morgan fingerprint density at radius 2 is 1.89 bits per heavy atom. The lowest BCUT2D eigenvalue weighted by Gasteiger charge is -2.23. The summed E-state index contributed by atoms with van der Waals surface area (Å²) < 4.78 is 11.0. The summed E-state index contributed by atoms with van der Waals surface area (Å²) in [5.74, 6) is -0.524. The number of hydrogen-bond donors (Lipinski definition) is 2. The number of carbonyl (C=O) groups excluding carboxylic acids is 1. The molecule has 3 atom stereocenters. The minimum Gasteiger partial charge on any atom is -0.489 e. The van der Waals surface area contributed by atoms with Gasteiger partial charge in [-0.25, -0.2) is 4.79 Å². The van der Waals surface area contributed by atoms with E-state index in [4.69, 9.17) is 9.47 Å². The van der Waals surface area contributed by atoms with Gasteiger partial charge in [0, 0.05) is 18.9 Å². The van der Waals surface area contributed by atoms with Crippen LogP contribution in [0.25, 0.3) is 0 Å². The van der Waals surface area contributed by atoms with Crippen molar-refractivity contribution in [2.24, 2.45) is 5.92 Å². The lowest BCUT2D eigenvalue weighted by molar-refractivity contribution is -0.147. The van der Waals surface area contributed by atoms with Crippen LogP contribution in [0.1, 0.15) is 29.9 Å². The first-order valence-corrected chi connectivity index (χ1v) is 9.47. The molecule has 1 heterocycles. The first-order valence-electron chi connectivity index (χ1n) is 9.47. The fraction of sp³-hybridized carbons (Fsp3) is 0.364. The zero-order valence-corrected chi connectivity index (χ0v) is 15.5. The van der Waals surface area contributed by atoms with E-state index < -0.39 is 11.5 Å². The number of carboxylic acid groups (broad SMARTS) is 1. The summed E-state index contributed by atoms with van der Waals surface area (Å²) in [6, 6.07) is 17.7. The summed E-state index contributed by atoms with van der Waals surface area (Å²) in [5, 5.41) is 12.2. The summed E-state index contributed by atoms with van der Waals surface area (Å²) in [4.78, 5) is 24.1.